The van der Waals surface area contributed by atoms with Gasteiger partial charge in [0.25, 0.3) is 5.56 Å². The minimum absolute atomic E-state index is 0.0649. The number of hydrogen-bond acceptors (Lipinski definition) is 9. The average molecular weight is 495 g/mol. The standard InChI is InChI=1S/C24H25N5O7/c1-33-15-3-4-18-19(9-15)29(22(30)11-26-18)13-17(25)23(31)27-10-16-12-28(24(32)36-16)14-2-5-20-21(8-14)35-7-6-34-20/h2-5,8-9,11,16-17H,6-7,10,12-13,25H2,1H3,(H,27,31)/t16-,17-/m1/s1. The Morgan fingerprint density at radius 3 is 2.81 bits per heavy atom. The molecule has 1 fully saturated rings. The number of benzene rings is 2. The van der Waals surface area contributed by atoms with E-state index in [1.165, 1.54) is 22.8 Å². The van der Waals surface area contributed by atoms with Crippen molar-refractivity contribution in [3.8, 4) is 17.2 Å². The molecule has 0 bridgehead atoms. The summed E-state index contributed by atoms with van der Waals surface area (Å²) in [6.45, 7) is 1.15. The van der Waals surface area contributed by atoms with E-state index in [1.807, 2.05) is 0 Å². The maximum Gasteiger partial charge on any atom is 0.414 e. The second kappa shape index (κ2) is 9.74. The number of carbonyl (C=O) groups is 2. The number of cyclic esters (lactones) is 1. The Labute approximate surface area is 205 Å². The van der Waals surface area contributed by atoms with E-state index in [-0.39, 0.29) is 19.6 Å². The zero-order chi connectivity index (χ0) is 25.2. The third-order valence-corrected chi connectivity index (χ3v) is 5.98. The predicted octanol–water partition coefficient (Wildman–Crippen LogP) is 0.645. The van der Waals surface area contributed by atoms with Crippen molar-refractivity contribution >= 4 is 28.7 Å². The lowest BCUT2D eigenvalue weighted by Gasteiger charge is -2.21. The van der Waals surface area contributed by atoms with Crippen LogP contribution in [0.15, 0.2) is 47.4 Å². The van der Waals surface area contributed by atoms with E-state index in [4.69, 9.17) is 24.7 Å². The lowest BCUT2D eigenvalue weighted by atomic mass is 10.2. The first-order valence-electron chi connectivity index (χ1n) is 11.4. The second-order valence-electron chi connectivity index (χ2n) is 8.36. The van der Waals surface area contributed by atoms with E-state index in [2.05, 4.69) is 10.3 Å². The third-order valence-electron chi connectivity index (χ3n) is 5.98. The number of anilines is 1. The normalized spacial score (nSPS) is 17.6. The first kappa shape index (κ1) is 23.4. The third kappa shape index (κ3) is 4.62. The second-order valence-corrected chi connectivity index (χ2v) is 8.36. The number of fused-ring (bicyclic) bond motifs is 2. The Morgan fingerprint density at radius 2 is 2.00 bits per heavy atom. The molecule has 12 nitrogen and oxygen atoms in total. The van der Waals surface area contributed by atoms with Gasteiger partial charge in [0, 0.05) is 12.1 Å². The first-order chi connectivity index (χ1) is 17.4. The van der Waals surface area contributed by atoms with Crippen molar-refractivity contribution in [2.45, 2.75) is 18.7 Å². The Morgan fingerprint density at radius 1 is 1.19 bits per heavy atom. The highest BCUT2D eigenvalue weighted by molar-refractivity contribution is 5.90. The molecule has 1 aromatic heterocycles. The SMILES string of the molecule is COc1ccc2ncc(=O)n(C[C@@H](N)C(=O)NC[C@@H]3CN(c4ccc5c(c4)OCCO5)C(=O)O3)c2c1. The Bertz CT molecular complexity index is 1370. The van der Waals surface area contributed by atoms with E-state index in [9.17, 15) is 14.4 Å². The van der Waals surface area contributed by atoms with Gasteiger partial charge in [-0.25, -0.2) is 9.78 Å². The molecule has 0 spiro atoms. The molecule has 36 heavy (non-hydrogen) atoms. The van der Waals surface area contributed by atoms with Crippen molar-refractivity contribution < 1.29 is 28.5 Å². The molecule has 0 unspecified atom stereocenters. The van der Waals surface area contributed by atoms with E-state index < -0.39 is 29.7 Å². The van der Waals surface area contributed by atoms with Crippen molar-refractivity contribution in [3.05, 3.63) is 52.9 Å². The van der Waals surface area contributed by atoms with Crippen LogP contribution in [0.25, 0.3) is 11.0 Å². The maximum absolute atomic E-state index is 12.7. The van der Waals surface area contributed by atoms with E-state index >= 15 is 0 Å². The van der Waals surface area contributed by atoms with Crippen LogP contribution in [0.4, 0.5) is 10.5 Å². The maximum atomic E-state index is 12.7. The summed E-state index contributed by atoms with van der Waals surface area (Å²) in [5.41, 5.74) is 7.40. The molecule has 2 aliphatic rings. The van der Waals surface area contributed by atoms with Gasteiger partial charge in [-0.15, -0.1) is 0 Å². The first-order valence-corrected chi connectivity index (χ1v) is 11.4. The molecule has 2 aliphatic heterocycles. The lowest BCUT2D eigenvalue weighted by molar-refractivity contribution is -0.123. The van der Waals surface area contributed by atoms with Crippen LogP contribution >= 0.6 is 0 Å². The van der Waals surface area contributed by atoms with Gasteiger partial charge in [0.05, 0.1) is 49.7 Å². The van der Waals surface area contributed by atoms with Gasteiger partial charge in [-0.05, 0) is 24.3 Å². The fourth-order valence-electron chi connectivity index (χ4n) is 4.12. The van der Waals surface area contributed by atoms with Gasteiger partial charge >= 0.3 is 6.09 Å². The summed E-state index contributed by atoms with van der Waals surface area (Å²) in [4.78, 5) is 43.2. The van der Waals surface area contributed by atoms with Crippen LogP contribution in [0.1, 0.15) is 0 Å². The van der Waals surface area contributed by atoms with Gasteiger partial charge in [0.1, 0.15) is 31.1 Å². The number of ether oxygens (including phenoxy) is 4. The summed E-state index contributed by atoms with van der Waals surface area (Å²) < 4.78 is 23.1. The van der Waals surface area contributed by atoms with Gasteiger partial charge in [-0.1, -0.05) is 0 Å². The zero-order valence-corrected chi connectivity index (χ0v) is 19.5. The zero-order valence-electron chi connectivity index (χ0n) is 19.5. The molecule has 1 saturated heterocycles. The van der Waals surface area contributed by atoms with Crippen LogP contribution in [0, 0.1) is 0 Å². The molecule has 2 aromatic carbocycles. The molecule has 3 aromatic rings. The van der Waals surface area contributed by atoms with E-state index in [0.29, 0.717) is 47.2 Å². The highest BCUT2D eigenvalue weighted by atomic mass is 16.6. The molecule has 2 atom stereocenters. The molecule has 2 amide bonds. The number of nitrogens with zero attached hydrogens (tertiary/aromatic N) is 3. The van der Waals surface area contributed by atoms with Gasteiger partial charge in [-0.3, -0.25) is 14.5 Å². The van der Waals surface area contributed by atoms with Crippen LogP contribution in [0.3, 0.4) is 0 Å². The number of nitrogens with one attached hydrogen (secondary N) is 1. The Balaban J connectivity index is 1.21. The van der Waals surface area contributed by atoms with Crippen molar-refractivity contribution in [2.24, 2.45) is 5.73 Å². The molecule has 3 N–H and O–H groups in total. The van der Waals surface area contributed by atoms with Gasteiger partial charge in [0.2, 0.25) is 5.91 Å². The average Bonchev–Trinajstić information content (AvgIpc) is 3.28. The highest BCUT2D eigenvalue weighted by Gasteiger charge is 2.33. The molecule has 0 aliphatic carbocycles. The van der Waals surface area contributed by atoms with Crippen LogP contribution in [0.5, 0.6) is 17.2 Å². The fraction of sp³-hybridized carbons (Fsp3) is 0.333. The number of nitrogens with two attached hydrogens (primary N) is 1. The highest BCUT2D eigenvalue weighted by Crippen LogP contribution is 2.35. The quantitative estimate of drug-likeness (QED) is 0.482. The number of amides is 2. The van der Waals surface area contributed by atoms with E-state index in [1.54, 1.807) is 36.4 Å². The summed E-state index contributed by atoms with van der Waals surface area (Å²) in [5, 5.41) is 2.71. The molecule has 188 valence electrons. The molecule has 3 heterocycles. The van der Waals surface area contributed by atoms with Crippen molar-refractivity contribution in [3.63, 3.8) is 0 Å². The summed E-state index contributed by atoms with van der Waals surface area (Å²) in [6, 6.07) is 9.30. The minimum atomic E-state index is -1.02. The Kier molecular flexibility index (Phi) is 6.34. The summed E-state index contributed by atoms with van der Waals surface area (Å²) in [5.74, 6) is 1.25. The fourth-order valence-corrected chi connectivity index (χ4v) is 4.12. The van der Waals surface area contributed by atoms with Crippen LogP contribution in [0.2, 0.25) is 0 Å². The predicted molar refractivity (Wildman–Crippen MR) is 129 cm³/mol. The topological polar surface area (TPSA) is 147 Å². The molecule has 0 radical (unpaired) electrons. The summed E-state index contributed by atoms with van der Waals surface area (Å²) in [7, 11) is 1.52. The van der Waals surface area contributed by atoms with Crippen molar-refractivity contribution in [2.75, 3.05) is 38.3 Å². The molecule has 12 heteroatoms. The number of hydrogen-bond donors (Lipinski definition) is 2. The smallest absolute Gasteiger partial charge is 0.414 e. The van der Waals surface area contributed by atoms with Crippen LogP contribution < -0.4 is 35.7 Å². The number of methoxy groups -OCH3 is 1. The van der Waals surface area contributed by atoms with Crippen LogP contribution in [-0.2, 0) is 16.1 Å². The van der Waals surface area contributed by atoms with Gasteiger partial charge < -0.3 is 34.6 Å². The largest absolute Gasteiger partial charge is 0.497 e. The number of aromatic nitrogens is 2. The number of carbonyl (C=O) groups excluding carboxylic acids is 2. The van der Waals surface area contributed by atoms with Crippen molar-refractivity contribution in [1.29, 1.82) is 0 Å². The van der Waals surface area contributed by atoms with Crippen molar-refractivity contribution in [1.82, 2.24) is 14.9 Å². The molecular weight excluding hydrogens is 470 g/mol. The van der Waals surface area contributed by atoms with E-state index in [0.717, 1.165) is 0 Å². The summed E-state index contributed by atoms with van der Waals surface area (Å²) in [6.07, 6.45) is 0.0822. The van der Waals surface area contributed by atoms with Crippen LogP contribution in [-0.4, -0.2) is 67.1 Å². The van der Waals surface area contributed by atoms with Gasteiger partial charge in [0.15, 0.2) is 11.5 Å². The summed E-state index contributed by atoms with van der Waals surface area (Å²) >= 11 is 0. The molecular formula is C24H25N5O7. The lowest BCUT2D eigenvalue weighted by Crippen LogP contribution is -2.47. The van der Waals surface area contributed by atoms with Gasteiger partial charge in [-0.2, -0.15) is 0 Å². The molecule has 5 rings (SSSR count). The number of rotatable bonds is 7. The molecule has 0 saturated carbocycles. The minimum Gasteiger partial charge on any atom is -0.497 e. The monoisotopic (exact) mass is 495 g/mol. The Hall–Kier alpha value is -4.32.